The van der Waals surface area contributed by atoms with Crippen LogP contribution in [-0.4, -0.2) is 6.61 Å². The van der Waals surface area contributed by atoms with E-state index in [1.807, 2.05) is 12.1 Å². The van der Waals surface area contributed by atoms with E-state index in [2.05, 4.69) is 36.5 Å². The van der Waals surface area contributed by atoms with Crippen molar-refractivity contribution in [3.8, 4) is 5.75 Å². The monoisotopic (exact) mass is 273 g/mol. The molecule has 2 aromatic carbocycles. The zero-order chi connectivity index (χ0) is 13.2. The van der Waals surface area contributed by atoms with Crippen LogP contribution in [0, 0.1) is 6.92 Å². The maximum atomic E-state index is 6.21. The molecule has 1 heterocycles. The highest BCUT2D eigenvalue weighted by Crippen LogP contribution is 2.28. The van der Waals surface area contributed by atoms with Crippen molar-refractivity contribution in [1.82, 2.24) is 0 Å². The Hall–Kier alpha value is -1.67. The van der Waals surface area contributed by atoms with E-state index >= 15 is 0 Å². The molecule has 0 aliphatic carbocycles. The molecule has 0 radical (unpaired) electrons. The molecule has 1 aliphatic rings. The molecular formula is C16H16ClNO. The number of halogens is 1. The van der Waals surface area contributed by atoms with Gasteiger partial charge in [0.1, 0.15) is 5.75 Å². The maximum Gasteiger partial charge on any atom is 0.122 e. The van der Waals surface area contributed by atoms with Gasteiger partial charge in [0.2, 0.25) is 0 Å². The van der Waals surface area contributed by atoms with Crippen molar-refractivity contribution in [2.75, 3.05) is 11.9 Å². The van der Waals surface area contributed by atoms with E-state index < -0.39 is 0 Å². The van der Waals surface area contributed by atoms with Crippen LogP contribution in [0.5, 0.6) is 5.75 Å². The van der Waals surface area contributed by atoms with Crippen LogP contribution in [0.2, 0.25) is 5.02 Å². The summed E-state index contributed by atoms with van der Waals surface area (Å²) in [6, 6.07) is 12.3. The zero-order valence-electron chi connectivity index (χ0n) is 10.9. The SMILES string of the molecule is Cc1cccc(Cl)c1NCc1ccc2c(c1)CCO2. The number of hydrogen-bond acceptors (Lipinski definition) is 2. The fraction of sp³-hybridized carbons (Fsp3) is 0.250. The van der Waals surface area contributed by atoms with Gasteiger partial charge in [0.15, 0.2) is 0 Å². The molecule has 1 aliphatic heterocycles. The van der Waals surface area contributed by atoms with Crippen molar-refractivity contribution in [2.45, 2.75) is 19.9 Å². The molecule has 0 spiro atoms. The fourth-order valence-corrected chi connectivity index (χ4v) is 2.68. The summed E-state index contributed by atoms with van der Waals surface area (Å²) in [5.41, 5.74) is 4.73. The van der Waals surface area contributed by atoms with E-state index in [0.29, 0.717) is 0 Å². The Morgan fingerprint density at radius 1 is 1.26 bits per heavy atom. The summed E-state index contributed by atoms with van der Waals surface area (Å²) in [4.78, 5) is 0. The van der Waals surface area contributed by atoms with Crippen molar-refractivity contribution in [3.63, 3.8) is 0 Å². The van der Waals surface area contributed by atoms with Crippen LogP contribution in [0.1, 0.15) is 16.7 Å². The van der Waals surface area contributed by atoms with Crippen molar-refractivity contribution in [1.29, 1.82) is 0 Å². The first-order valence-electron chi connectivity index (χ1n) is 6.47. The lowest BCUT2D eigenvalue weighted by molar-refractivity contribution is 0.357. The quantitative estimate of drug-likeness (QED) is 0.905. The molecule has 3 heteroatoms. The third-order valence-electron chi connectivity index (χ3n) is 3.45. The lowest BCUT2D eigenvalue weighted by Crippen LogP contribution is -2.02. The average Bonchev–Trinajstić information content (AvgIpc) is 2.85. The van der Waals surface area contributed by atoms with E-state index in [1.54, 1.807) is 0 Å². The number of fused-ring (bicyclic) bond motifs is 1. The lowest BCUT2D eigenvalue weighted by Gasteiger charge is -2.12. The third kappa shape index (κ3) is 2.54. The van der Waals surface area contributed by atoms with Crippen molar-refractivity contribution in [3.05, 3.63) is 58.1 Å². The van der Waals surface area contributed by atoms with Crippen LogP contribution in [0.25, 0.3) is 0 Å². The summed E-state index contributed by atoms with van der Waals surface area (Å²) in [6.07, 6.45) is 1.01. The first-order chi connectivity index (χ1) is 9.24. The fourth-order valence-electron chi connectivity index (χ4n) is 2.40. The largest absolute Gasteiger partial charge is 0.493 e. The average molecular weight is 274 g/mol. The van der Waals surface area contributed by atoms with E-state index in [0.717, 1.165) is 41.6 Å². The van der Waals surface area contributed by atoms with Crippen molar-refractivity contribution >= 4 is 17.3 Å². The normalized spacial score (nSPS) is 12.9. The van der Waals surface area contributed by atoms with Crippen LogP contribution >= 0.6 is 11.6 Å². The Morgan fingerprint density at radius 2 is 2.16 bits per heavy atom. The Labute approximate surface area is 118 Å². The smallest absolute Gasteiger partial charge is 0.122 e. The molecule has 0 saturated heterocycles. The topological polar surface area (TPSA) is 21.3 Å². The minimum atomic E-state index is 0.768. The Balaban J connectivity index is 1.76. The summed E-state index contributed by atoms with van der Waals surface area (Å²) in [5.74, 6) is 1.03. The molecule has 1 N–H and O–H groups in total. The second-order valence-corrected chi connectivity index (χ2v) is 5.23. The van der Waals surface area contributed by atoms with Crippen LogP contribution < -0.4 is 10.1 Å². The molecule has 98 valence electrons. The number of para-hydroxylation sites is 1. The molecule has 2 nitrogen and oxygen atoms in total. The molecule has 19 heavy (non-hydrogen) atoms. The number of aryl methyl sites for hydroxylation is 1. The van der Waals surface area contributed by atoms with Gasteiger partial charge in [0.25, 0.3) is 0 Å². The van der Waals surface area contributed by atoms with Crippen LogP contribution in [0.3, 0.4) is 0 Å². The van der Waals surface area contributed by atoms with Gasteiger partial charge in [0.05, 0.1) is 17.3 Å². The number of anilines is 1. The summed E-state index contributed by atoms with van der Waals surface area (Å²) in [5, 5.41) is 4.18. The van der Waals surface area contributed by atoms with Gasteiger partial charge in [-0.25, -0.2) is 0 Å². The second-order valence-electron chi connectivity index (χ2n) is 4.83. The van der Waals surface area contributed by atoms with Gasteiger partial charge in [-0.3, -0.25) is 0 Å². The molecule has 0 fully saturated rings. The first-order valence-corrected chi connectivity index (χ1v) is 6.85. The lowest BCUT2D eigenvalue weighted by atomic mass is 10.1. The van der Waals surface area contributed by atoms with Crippen LogP contribution in [0.4, 0.5) is 5.69 Å². The predicted molar refractivity (Wildman–Crippen MR) is 79.2 cm³/mol. The molecule has 0 aromatic heterocycles. The maximum absolute atomic E-state index is 6.21. The molecule has 0 amide bonds. The summed E-state index contributed by atoms with van der Waals surface area (Å²) in [6.45, 7) is 3.64. The van der Waals surface area contributed by atoms with Gasteiger partial charge in [-0.1, -0.05) is 35.9 Å². The summed E-state index contributed by atoms with van der Waals surface area (Å²) in [7, 11) is 0. The van der Waals surface area contributed by atoms with Gasteiger partial charge in [-0.2, -0.15) is 0 Å². The van der Waals surface area contributed by atoms with E-state index in [-0.39, 0.29) is 0 Å². The molecule has 2 aromatic rings. The molecule has 0 bridgehead atoms. The Kier molecular flexibility index (Phi) is 3.34. The summed E-state index contributed by atoms with van der Waals surface area (Å²) >= 11 is 6.21. The van der Waals surface area contributed by atoms with Crippen molar-refractivity contribution in [2.24, 2.45) is 0 Å². The van der Waals surface area contributed by atoms with Gasteiger partial charge in [-0.15, -0.1) is 0 Å². The van der Waals surface area contributed by atoms with E-state index in [1.165, 1.54) is 11.1 Å². The van der Waals surface area contributed by atoms with Crippen LogP contribution in [0.15, 0.2) is 36.4 Å². The molecule has 0 saturated carbocycles. The van der Waals surface area contributed by atoms with E-state index in [4.69, 9.17) is 16.3 Å². The highest BCUT2D eigenvalue weighted by molar-refractivity contribution is 6.33. The number of ether oxygens (including phenoxy) is 1. The zero-order valence-corrected chi connectivity index (χ0v) is 11.6. The number of nitrogens with one attached hydrogen (secondary N) is 1. The highest BCUT2D eigenvalue weighted by Gasteiger charge is 2.12. The highest BCUT2D eigenvalue weighted by atomic mass is 35.5. The molecule has 3 rings (SSSR count). The van der Waals surface area contributed by atoms with Crippen molar-refractivity contribution < 1.29 is 4.74 Å². The minimum Gasteiger partial charge on any atom is -0.493 e. The number of hydrogen-bond donors (Lipinski definition) is 1. The predicted octanol–water partition coefficient (Wildman–Crippen LogP) is 4.20. The molecule has 0 unspecified atom stereocenters. The standard InChI is InChI=1S/C16H16ClNO/c1-11-3-2-4-14(17)16(11)18-10-12-5-6-15-13(9-12)7-8-19-15/h2-6,9,18H,7-8,10H2,1H3. The Bertz CT molecular complexity index is 589. The molecule has 0 atom stereocenters. The van der Waals surface area contributed by atoms with Gasteiger partial charge >= 0.3 is 0 Å². The number of rotatable bonds is 3. The van der Waals surface area contributed by atoms with Gasteiger partial charge in [-0.05, 0) is 35.7 Å². The summed E-state index contributed by atoms with van der Waals surface area (Å²) < 4.78 is 5.51. The van der Waals surface area contributed by atoms with Gasteiger partial charge < -0.3 is 10.1 Å². The molecular weight excluding hydrogens is 258 g/mol. The van der Waals surface area contributed by atoms with Crippen LogP contribution in [-0.2, 0) is 13.0 Å². The minimum absolute atomic E-state index is 0.768. The Morgan fingerprint density at radius 3 is 3.00 bits per heavy atom. The first kappa shape index (κ1) is 12.4. The number of benzene rings is 2. The van der Waals surface area contributed by atoms with E-state index in [9.17, 15) is 0 Å². The van der Waals surface area contributed by atoms with Gasteiger partial charge in [0, 0.05) is 13.0 Å². The second kappa shape index (κ2) is 5.14. The third-order valence-corrected chi connectivity index (χ3v) is 3.76.